The summed E-state index contributed by atoms with van der Waals surface area (Å²) < 4.78 is 10.1. The standard InChI is InChI=1S/C9H22N2O2/c1-3-13-9-5-7-11-10-6-4-8-12-2/h10-11H,3-9H2,1-2H3. The fourth-order valence-corrected chi connectivity index (χ4v) is 0.889. The number of hydrogen-bond acceptors (Lipinski definition) is 4. The zero-order chi connectivity index (χ0) is 9.78. The number of hydrazine groups is 1. The predicted octanol–water partition coefficient (Wildman–Crippen LogP) is 0.544. The molecule has 0 aromatic carbocycles. The van der Waals surface area contributed by atoms with Crippen LogP contribution in [-0.4, -0.2) is 40.0 Å². The Morgan fingerprint density at radius 1 is 1.00 bits per heavy atom. The van der Waals surface area contributed by atoms with E-state index < -0.39 is 0 Å². The van der Waals surface area contributed by atoms with Crippen molar-refractivity contribution in [1.29, 1.82) is 0 Å². The van der Waals surface area contributed by atoms with E-state index in [9.17, 15) is 0 Å². The third-order valence-corrected chi connectivity index (χ3v) is 1.57. The minimum atomic E-state index is 0.807. The summed E-state index contributed by atoms with van der Waals surface area (Å²) in [7, 11) is 1.72. The van der Waals surface area contributed by atoms with Gasteiger partial charge in [0, 0.05) is 40.0 Å². The lowest BCUT2D eigenvalue weighted by atomic mass is 10.4. The lowest BCUT2D eigenvalue weighted by Crippen LogP contribution is -2.34. The second kappa shape index (κ2) is 11.8. The highest BCUT2D eigenvalue weighted by atomic mass is 16.5. The normalized spacial score (nSPS) is 10.6. The van der Waals surface area contributed by atoms with Crippen molar-refractivity contribution in [3.05, 3.63) is 0 Å². The Morgan fingerprint density at radius 3 is 2.15 bits per heavy atom. The molecule has 13 heavy (non-hydrogen) atoms. The third-order valence-electron chi connectivity index (χ3n) is 1.57. The van der Waals surface area contributed by atoms with Crippen LogP contribution >= 0.6 is 0 Å². The zero-order valence-electron chi connectivity index (χ0n) is 8.77. The summed E-state index contributed by atoms with van der Waals surface area (Å²) in [5.74, 6) is 0. The number of hydrogen-bond donors (Lipinski definition) is 2. The molecule has 0 radical (unpaired) electrons. The van der Waals surface area contributed by atoms with Crippen LogP contribution in [0.5, 0.6) is 0 Å². The van der Waals surface area contributed by atoms with Gasteiger partial charge in [0.05, 0.1) is 0 Å². The van der Waals surface area contributed by atoms with Crippen molar-refractivity contribution < 1.29 is 9.47 Å². The van der Waals surface area contributed by atoms with E-state index in [1.165, 1.54) is 0 Å². The Morgan fingerprint density at radius 2 is 1.62 bits per heavy atom. The molecule has 0 aliphatic carbocycles. The second-order valence-electron chi connectivity index (χ2n) is 2.75. The fraction of sp³-hybridized carbons (Fsp3) is 1.00. The molecule has 0 saturated heterocycles. The Hall–Kier alpha value is -0.160. The van der Waals surface area contributed by atoms with E-state index in [0.29, 0.717) is 0 Å². The molecule has 0 spiro atoms. The van der Waals surface area contributed by atoms with Crippen molar-refractivity contribution in [1.82, 2.24) is 10.9 Å². The average molecular weight is 190 g/mol. The van der Waals surface area contributed by atoms with Crippen molar-refractivity contribution in [3.8, 4) is 0 Å². The maximum Gasteiger partial charge on any atom is 0.0478 e. The molecule has 2 N–H and O–H groups in total. The van der Waals surface area contributed by atoms with Crippen LogP contribution in [0.3, 0.4) is 0 Å². The van der Waals surface area contributed by atoms with Gasteiger partial charge in [0.15, 0.2) is 0 Å². The molecule has 0 aromatic heterocycles. The molecule has 0 fully saturated rings. The van der Waals surface area contributed by atoms with Gasteiger partial charge in [0.1, 0.15) is 0 Å². The number of methoxy groups -OCH3 is 1. The van der Waals surface area contributed by atoms with Crippen molar-refractivity contribution in [3.63, 3.8) is 0 Å². The first kappa shape index (κ1) is 12.8. The van der Waals surface area contributed by atoms with Crippen LogP contribution < -0.4 is 10.9 Å². The summed E-state index contributed by atoms with van der Waals surface area (Å²) in [5.41, 5.74) is 6.23. The number of rotatable bonds is 10. The Bertz CT molecular complexity index is 81.7. The molecule has 0 aromatic rings. The van der Waals surface area contributed by atoms with E-state index in [-0.39, 0.29) is 0 Å². The van der Waals surface area contributed by atoms with Gasteiger partial charge < -0.3 is 9.47 Å². The maximum atomic E-state index is 5.19. The van der Waals surface area contributed by atoms with Crippen molar-refractivity contribution in [2.75, 3.05) is 40.0 Å². The van der Waals surface area contributed by atoms with E-state index in [2.05, 4.69) is 10.9 Å². The SMILES string of the molecule is CCOCCCNNCCCOC. The first-order chi connectivity index (χ1) is 6.41. The topological polar surface area (TPSA) is 42.5 Å². The van der Waals surface area contributed by atoms with Gasteiger partial charge in [-0.3, -0.25) is 10.9 Å². The van der Waals surface area contributed by atoms with Crippen LogP contribution in [0.25, 0.3) is 0 Å². The molecule has 0 aliphatic rings. The fourth-order valence-electron chi connectivity index (χ4n) is 0.889. The molecule has 80 valence electrons. The Kier molecular flexibility index (Phi) is 11.7. The molecule has 4 heteroatoms. The molecular formula is C9H22N2O2. The van der Waals surface area contributed by atoms with Crippen LogP contribution in [0.4, 0.5) is 0 Å². The smallest absolute Gasteiger partial charge is 0.0478 e. The monoisotopic (exact) mass is 190 g/mol. The summed E-state index contributed by atoms with van der Waals surface area (Å²) in [4.78, 5) is 0. The van der Waals surface area contributed by atoms with Crippen LogP contribution in [0, 0.1) is 0 Å². The van der Waals surface area contributed by atoms with Crippen LogP contribution in [0.2, 0.25) is 0 Å². The van der Waals surface area contributed by atoms with Crippen molar-refractivity contribution in [2.45, 2.75) is 19.8 Å². The lowest BCUT2D eigenvalue weighted by molar-refractivity contribution is 0.143. The van der Waals surface area contributed by atoms with Gasteiger partial charge >= 0.3 is 0 Å². The van der Waals surface area contributed by atoms with Gasteiger partial charge in [-0.1, -0.05) is 0 Å². The van der Waals surface area contributed by atoms with Gasteiger partial charge in [-0.25, -0.2) is 0 Å². The molecule has 0 bridgehead atoms. The minimum absolute atomic E-state index is 0.807. The second-order valence-corrected chi connectivity index (χ2v) is 2.75. The third kappa shape index (κ3) is 11.8. The first-order valence-corrected chi connectivity index (χ1v) is 4.94. The molecule has 0 atom stereocenters. The zero-order valence-corrected chi connectivity index (χ0v) is 8.77. The Labute approximate surface area is 81.0 Å². The van der Waals surface area contributed by atoms with Gasteiger partial charge in [0.25, 0.3) is 0 Å². The highest BCUT2D eigenvalue weighted by Gasteiger charge is 1.87. The largest absolute Gasteiger partial charge is 0.385 e. The first-order valence-electron chi connectivity index (χ1n) is 4.94. The summed E-state index contributed by atoms with van der Waals surface area (Å²) in [5, 5.41) is 0. The molecule has 0 heterocycles. The molecule has 0 saturated carbocycles. The van der Waals surface area contributed by atoms with Gasteiger partial charge in [0.2, 0.25) is 0 Å². The summed E-state index contributed by atoms with van der Waals surface area (Å²) in [6, 6.07) is 0. The van der Waals surface area contributed by atoms with Crippen molar-refractivity contribution >= 4 is 0 Å². The summed E-state index contributed by atoms with van der Waals surface area (Å²) in [6.45, 7) is 6.37. The number of nitrogens with one attached hydrogen (secondary N) is 2. The summed E-state index contributed by atoms with van der Waals surface area (Å²) >= 11 is 0. The van der Waals surface area contributed by atoms with Gasteiger partial charge in [-0.15, -0.1) is 0 Å². The van der Waals surface area contributed by atoms with E-state index in [4.69, 9.17) is 9.47 Å². The van der Waals surface area contributed by atoms with E-state index in [1.807, 2.05) is 6.92 Å². The van der Waals surface area contributed by atoms with Crippen LogP contribution in [0.15, 0.2) is 0 Å². The van der Waals surface area contributed by atoms with Crippen molar-refractivity contribution in [2.24, 2.45) is 0 Å². The Balaban J connectivity index is 2.76. The molecule has 0 unspecified atom stereocenters. The predicted molar refractivity (Wildman–Crippen MR) is 53.6 cm³/mol. The molecular weight excluding hydrogens is 168 g/mol. The summed E-state index contributed by atoms with van der Waals surface area (Å²) in [6.07, 6.45) is 2.08. The molecule has 0 rings (SSSR count). The minimum Gasteiger partial charge on any atom is -0.385 e. The van der Waals surface area contributed by atoms with Crippen LogP contribution in [0.1, 0.15) is 19.8 Å². The molecule has 0 aliphatic heterocycles. The molecule has 4 nitrogen and oxygen atoms in total. The van der Waals surface area contributed by atoms with E-state index in [1.54, 1.807) is 7.11 Å². The maximum absolute atomic E-state index is 5.19. The highest BCUT2D eigenvalue weighted by Crippen LogP contribution is 1.79. The number of ether oxygens (including phenoxy) is 2. The van der Waals surface area contributed by atoms with E-state index in [0.717, 1.165) is 45.8 Å². The molecule has 0 amide bonds. The van der Waals surface area contributed by atoms with E-state index >= 15 is 0 Å². The average Bonchev–Trinajstić information content (AvgIpc) is 2.16. The quantitative estimate of drug-likeness (QED) is 0.390. The van der Waals surface area contributed by atoms with Gasteiger partial charge in [-0.05, 0) is 19.8 Å². The van der Waals surface area contributed by atoms with Crippen LogP contribution in [-0.2, 0) is 9.47 Å². The highest BCUT2D eigenvalue weighted by molar-refractivity contribution is 4.43. The van der Waals surface area contributed by atoms with Gasteiger partial charge in [-0.2, -0.15) is 0 Å². The lowest BCUT2D eigenvalue weighted by Gasteiger charge is -2.06.